The van der Waals surface area contributed by atoms with Crippen LogP contribution in [0.1, 0.15) is 36.2 Å². The van der Waals surface area contributed by atoms with Gasteiger partial charge < -0.3 is 24.5 Å². The molecule has 1 aromatic heterocycles. The first-order valence-corrected chi connectivity index (χ1v) is 11.5. The van der Waals surface area contributed by atoms with Crippen LogP contribution in [0.3, 0.4) is 0 Å². The number of nitrogens with two attached hydrogens (primary N) is 1. The maximum absolute atomic E-state index is 5.97. The van der Waals surface area contributed by atoms with Crippen LogP contribution in [0.4, 0.5) is 5.95 Å². The van der Waals surface area contributed by atoms with Crippen LogP contribution in [0, 0.1) is 25.7 Å². The third-order valence-electron chi connectivity index (χ3n) is 6.29. The third kappa shape index (κ3) is 6.44. The molecule has 2 atom stereocenters. The smallest absolute Gasteiger partial charge is 0.200 e. The predicted molar refractivity (Wildman–Crippen MR) is 133 cm³/mol. The van der Waals surface area contributed by atoms with Crippen LogP contribution in [-0.2, 0) is 19.4 Å². The molecule has 0 amide bonds. The highest BCUT2D eigenvalue weighted by Gasteiger charge is 2.16. The molecular formula is C27H37N3O3. The van der Waals surface area contributed by atoms with Crippen molar-refractivity contribution in [1.82, 2.24) is 9.55 Å². The van der Waals surface area contributed by atoms with Gasteiger partial charge in [-0.25, -0.2) is 4.98 Å². The van der Waals surface area contributed by atoms with Crippen molar-refractivity contribution in [2.75, 3.05) is 26.6 Å². The number of aryl methyl sites for hydroxylation is 2. The number of ether oxygens (including phenoxy) is 3. The number of nitrogens with zero attached hydrogens (tertiary/aromatic N) is 2. The number of hydrogen-bond acceptors (Lipinski definition) is 5. The van der Waals surface area contributed by atoms with E-state index in [0.29, 0.717) is 30.9 Å². The molecule has 0 saturated carbocycles. The number of aromatic nitrogens is 2. The van der Waals surface area contributed by atoms with Crippen LogP contribution in [-0.4, -0.2) is 30.4 Å². The molecule has 2 aromatic carbocycles. The maximum atomic E-state index is 5.97. The quantitative estimate of drug-likeness (QED) is 0.432. The molecule has 0 unspecified atom stereocenters. The molecule has 0 aliphatic heterocycles. The Morgan fingerprint density at radius 2 is 1.48 bits per heavy atom. The van der Waals surface area contributed by atoms with E-state index < -0.39 is 0 Å². The summed E-state index contributed by atoms with van der Waals surface area (Å²) in [6.45, 7) is 9.78. The number of benzene rings is 2. The van der Waals surface area contributed by atoms with Crippen LogP contribution in [0.15, 0.2) is 42.6 Å². The lowest BCUT2D eigenvalue weighted by molar-refractivity contribution is 0.280. The van der Waals surface area contributed by atoms with Crippen molar-refractivity contribution in [2.45, 2.75) is 47.1 Å². The number of methoxy groups -OCH3 is 2. The molecule has 0 spiro atoms. The zero-order valence-corrected chi connectivity index (χ0v) is 20.7. The van der Waals surface area contributed by atoms with Gasteiger partial charge in [0.1, 0.15) is 12.4 Å². The van der Waals surface area contributed by atoms with Crippen molar-refractivity contribution in [3.8, 4) is 17.2 Å². The zero-order valence-electron chi connectivity index (χ0n) is 20.7. The van der Waals surface area contributed by atoms with Gasteiger partial charge in [-0.2, -0.15) is 0 Å². The van der Waals surface area contributed by atoms with Crippen LogP contribution in [0.5, 0.6) is 17.2 Å². The standard InChI is InChI=1S/C27H37N3O3/c1-18(13-22-7-9-24(31-5)20(3)15-22)19(2)14-23-8-10-25(26(16-23)32-6)33-12-11-30-17-21(4)29-27(30)28/h7-10,15-19H,11-14H2,1-6H3,(H2,28,29)/t18-,19+/m1/s1. The summed E-state index contributed by atoms with van der Waals surface area (Å²) >= 11 is 0. The van der Waals surface area contributed by atoms with Crippen molar-refractivity contribution < 1.29 is 14.2 Å². The molecule has 0 saturated heterocycles. The fourth-order valence-electron chi connectivity index (χ4n) is 4.17. The van der Waals surface area contributed by atoms with Crippen molar-refractivity contribution in [3.63, 3.8) is 0 Å². The van der Waals surface area contributed by atoms with Crippen LogP contribution >= 0.6 is 0 Å². The normalized spacial score (nSPS) is 12.9. The summed E-state index contributed by atoms with van der Waals surface area (Å²) in [5, 5.41) is 0. The predicted octanol–water partition coefficient (Wildman–Crippen LogP) is 5.24. The lowest BCUT2D eigenvalue weighted by Crippen LogP contribution is -2.14. The first-order chi connectivity index (χ1) is 15.8. The summed E-state index contributed by atoms with van der Waals surface area (Å²) in [5.41, 5.74) is 10.6. The van der Waals surface area contributed by atoms with Gasteiger partial charge in [-0.1, -0.05) is 32.0 Å². The van der Waals surface area contributed by atoms with Gasteiger partial charge in [0.05, 0.1) is 26.5 Å². The van der Waals surface area contributed by atoms with Gasteiger partial charge in [0.15, 0.2) is 17.4 Å². The Morgan fingerprint density at radius 3 is 2.03 bits per heavy atom. The minimum absolute atomic E-state index is 0.490. The highest BCUT2D eigenvalue weighted by atomic mass is 16.5. The monoisotopic (exact) mass is 451 g/mol. The summed E-state index contributed by atoms with van der Waals surface area (Å²) in [4.78, 5) is 4.22. The Kier molecular flexibility index (Phi) is 8.26. The Morgan fingerprint density at radius 1 is 0.879 bits per heavy atom. The molecule has 6 nitrogen and oxygen atoms in total. The summed E-state index contributed by atoms with van der Waals surface area (Å²) < 4.78 is 18.9. The van der Waals surface area contributed by atoms with Gasteiger partial charge in [-0.3, -0.25) is 0 Å². The first-order valence-electron chi connectivity index (χ1n) is 11.5. The molecule has 3 aromatic rings. The molecule has 0 aliphatic rings. The largest absolute Gasteiger partial charge is 0.496 e. The van der Waals surface area contributed by atoms with Crippen molar-refractivity contribution in [1.29, 1.82) is 0 Å². The van der Waals surface area contributed by atoms with E-state index in [1.165, 1.54) is 16.7 Å². The van der Waals surface area contributed by atoms with Gasteiger partial charge in [-0.05, 0) is 73.4 Å². The van der Waals surface area contributed by atoms with E-state index in [2.05, 4.69) is 56.1 Å². The van der Waals surface area contributed by atoms with Crippen molar-refractivity contribution in [3.05, 3.63) is 65.0 Å². The second kappa shape index (κ2) is 11.1. The second-order valence-corrected chi connectivity index (χ2v) is 8.93. The van der Waals surface area contributed by atoms with Crippen molar-refractivity contribution >= 4 is 5.95 Å². The van der Waals surface area contributed by atoms with Crippen LogP contribution in [0.25, 0.3) is 0 Å². The minimum Gasteiger partial charge on any atom is -0.496 e. The SMILES string of the molecule is COc1ccc(C[C@@H](C)[C@@H](C)Cc2ccc(OCCn3cc(C)nc3N)c(OC)c2)cc1C. The van der Waals surface area contributed by atoms with E-state index in [4.69, 9.17) is 19.9 Å². The van der Waals surface area contributed by atoms with Gasteiger partial charge in [-0.15, -0.1) is 0 Å². The molecule has 0 bridgehead atoms. The van der Waals surface area contributed by atoms with Gasteiger partial charge in [0.25, 0.3) is 0 Å². The minimum atomic E-state index is 0.490. The first kappa shape index (κ1) is 24.5. The van der Waals surface area contributed by atoms with Crippen LogP contribution < -0.4 is 19.9 Å². The lowest BCUT2D eigenvalue weighted by atomic mass is 9.85. The van der Waals surface area contributed by atoms with Gasteiger partial charge >= 0.3 is 0 Å². The molecule has 0 aliphatic carbocycles. The molecule has 2 N–H and O–H groups in total. The molecule has 0 fully saturated rings. The fourth-order valence-corrected chi connectivity index (χ4v) is 4.17. The summed E-state index contributed by atoms with van der Waals surface area (Å²) in [6.07, 6.45) is 3.95. The zero-order chi connectivity index (χ0) is 24.0. The summed E-state index contributed by atoms with van der Waals surface area (Å²) in [7, 11) is 3.40. The molecule has 0 radical (unpaired) electrons. The summed E-state index contributed by atoms with van der Waals surface area (Å²) in [5.74, 6) is 4.02. The average Bonchev–Trinajstić information content (AvgIpc) is 3.11. The van der Waals surface area contributed by atoms with Crippen molar-refractivity contribution in [2.24, 2.45) is 11.8 Å². The summed E-state index contributed by atoms with van der Waals surface area (Å²) in [6, 6.07) is 12.7. The molecule has 1 heterocycles. The van der Waals surface area contributed by atoms with E-state index in [0.717, 1.165) is 35.8 Å². The number of nitrogen functional groups attached to an aromatic ring is 1. The molecule has 33 heavy (non-hydrogen) atoms. The highest BCUT2D eigenvalue weighted by Crippen LogP contribution is 2.31. The number of hydrogen-bond donors (Lipinski definition) is 1. The van der Waals surface area contributed by atoms with E-state index >= 15 is 0 Å². The van der Waals surface area contributed by atoms with E-state index in [1.807, 2.05) is 23.8 Å². The van der Waals surface area contributed by atoms with Gasteiger partial charge in [0, 0.05) is 6.20 Å². The average molecular weight is 452 g/mol. The van der Waals surface area contributed by atoms with E-state index in [9.17, 15) is 0 Å². The number of rotatable bonds is 11. The molecule has 178 valence electrons. The Hall–Kier alpha value is -3.15. The molecular weight excluding hydrogens is 414 g/mol. The maximum Gasteiger partial charge on any atom is 0.200 e. The van der Waals surface area contributed by atoms with E-state index in [1.54, 1.807) is 14.2 Å². The Balaban J connectivity index is 1.57. The fraction of sp³-hybridized carbons (Fsp3) is 0.444. The number of imidazole rings is 1. The third-order valence-corrected chi connectivity index (χ3v) is 6.29. The lowest BCUT2D eigenvalue weighted by Gasteiger charge is -2.21. The highest BCUT2D eigenvalue weighted by molar-refractivity contribution is 5.43. The van der Waals surface area contributed by atoms with Gasteiger partial charge in [0.2, 0.25) is 0 Å². The van der Waals surface area contributed by atoms with E-state index in [-0.39, 0.29) is 0 Å². The Bertz CT molecular complexity index is 1060. The molecule has 6 heteroatoms. The Labute approximate surface area is 197 Å². The second-order valence-electron chi connectivity index (χ2n) is 8.93. The number of anilines is 1. The molecule has 3 rings (SSSR count). The topological polar surface area (TPSA) is 71.5 Å². The van der Waals surface area contributed by atoms with Crippen LogP contribution in [0.2, 0.25) is 0 Å².